The lowest BCUT2D eigenvalue weighted by atomic mass is 9.91. The zero-order chi connectivity index (χ0) is 68.7. The molecule has 0 amide bonds. The second-order valence-corrected chi connectivity index (χ2v) is 14.5. The largest absolute Gasteiger partial charge is 0.235 e. The van der Waals surface area contributed by atoms with Gasteiger partial charge in [0.05, 0.1) is 61.1 Å². The molecular formula is C58H34N2S. The Hall–Kier alpha value is -7.72. The van der Waals surface area contributed by atoms with Gasteiger partial charge in [-0.05, 0) is 134 Å². The molecule has 0 radical (unpaired) electrons. The maximum Gasteiger partial charge on any atom is 0.116 e. The first-order valence-electron chi connectivity index (χ1n) is 34.6. The first kappa shape index (κ1) is 15.1. The van der Waals surface area contributed by atoms with Crippen molar-refractivity contribution in [2.45, 2.75) is 0 Å². The van der Waals surface area contributed by atoms with E-state index < -0.39 is 309 Å². The molecule has 13 rings (SSSR count). The van der Waals surface area contributed by atoms with Crippen molar-refractivity contribution in [1.29, 1.82) is 0 Å². The number of hydrogen-bond acceptors (Lipinski definition) is 3. The van der Waals surface area contributed by atoms with Gasteiger partial charge in [0.25, 0.3) is 0 Å². The molecule has 2 heterocycles. The minimum absolute atomic E-state index is 0.166. The van der Waals surface area contributed by atoms with E-state index in [0.29, 0.717) is 11.3 Å². The fourth-order valence-electron chi connectivity index (χ4n) is 7.44. The van der Waals surface area contributed by atoms with Crippen molar-refractivity contribution in [2.24, 2.45) is 0 Å². The van der Waals surface area contributed by atoms with Crippen LogP contribution in [0.5, 0.6) is 0 Å². The minimum Gasteiger partial charge on any atom is -0.235 e. The van der Waals surface area contributed by atoms with Crippen LogP contribution in [-0.2, 0) is 0 Å². The number of rotatable bonds is 4. The lowest BCUT2D eigenvalue weighted by molar-refractivity contribution is 1.24. The molecule has 0 atom stereocenters. The zero-order valence-corrected chi connectivity index (χ0v) is 31.2. The van der Waals surface area contributed by atoms with Crippen molar-refractivity contribution in [3.05, 3.63) is 206 Å². The Bertz CT molecular complexity index is 5820. The Morgan fingerprint density at radius 1 is 0.295 bits per heavy atom. The van der Waals surface area contributed by atoms with Gasteiger partial charge in [-0.3, -0.25) is 0 Å². The molecule has 0 aliphatic heterocycles. The number of hydrogen-bond donors (Lipinski definition) is 0. The second-order valence-electron chi connectivity index (χ2n) is 13.5. The molecule has 0 saturated carbocycles. The van der Waals surface area contributed by atoms with E-state index in [4.69, 9.17) is 24.7 Å². The second kappa shape index (κ2) is 13.4. The maximum atomic E-state index is 9.81. The molecule has 0 unspecified atom stereocenters. The summed E-state index contributed by atoms with van der Waals surface area (Å²) >= 11 is 0.627. The molecule has 0 N–H and O–H groups in total. The Balaban J connectivity index is 1.08. The van der Waals surface area contributed by atoms with Gasteiger partial charge in [-0.1, -0.05) is 163 Å². The highest BCUT2D eigenvalue weighted by atomic mass is 32.1. The van der Waals surface area contributed by atoms with Gasteiger partial charge in [-0.15, -0.1) is 11.3 Å². The van der Waals surface area contributed by atoms with Crippen LogP contribution in [0.15, 0.2) is 206 Å². The van der Waals surface area contributed by atoms with E-state index in [1.165, 1.54) is 0 Å². The molecule has 61 heavy (non-hydrogen) atoms. The normalized spacial score (nSPS) is 19.5. The smallest absolute Gasteiger partial charge is 0.116 e. The van der Waals surface area contributed by atoms with Gasteiger partial charge in [-0.25, -0.2) is 9.97 Å². The topological polar surface area (TPSA) is 25.8 Å². The fourth-order valence-corrected chi connectivity index (χ4v) is 8.49. The van der Waals surface area contributed by atoms with E-state index in [2.05, 4.69) is 9.97 Å². The van der Waals surface area contributed by atoms with Crippen molar-refractivity contribution in [3.63, 3.8) is 0 Å². The van der Waals surface area contributed by atoms with Gasteiger partial charge < -0.3 is 0 Å². The standard InChI is InChI=1S/C58H34N2S/c1-3-19-46-42(15-1)44-17-5-7-21-48(44)52-31-38(23-26-50(46)52)35-11-9-12-36(29-35)40-25-28-55-54(33-40)57-58(61-55)56(59-34-60-57)41-14-10-13-37(30-41)39-24-27-51-47-20-4-2-16-43(47)45-18-6-8-22-49(45)53(51)32-39/h1-34H/i1D,2D,3D,4D,5D,6D,7D,8D,9D,10D,11D,12D,13D,14D,15D,16D,17D,18D,19D,20D,21D,22D,23D,24D,25D,26D,27D,28D,29D,30D,31D,32D,33D. The van der Waals surface area contributed by atoms with Crippen molar-refractivity contribution >= 4 is 96.3 Å². The van der Waals surface area contributed by atoms with Gasteiger partial charge in [0, 0.05) is 15.6 Å². The summed E-state index contributed by atoms with van der Waals surface area (Å²) in [6.45, 7) is 0. The average molecular weight is 824 g/mol. The Morgan fingerprint density at radius 3 is 1.13 bits per heavy atom. The molecule has 0 spiro atoms. The van der Waals surface area contributed by atoms with Crippen molar-refractivity contribution in [2.75, 3.05) is 0 Å². The van der Waals surface area contributed by atoms with Crippen LogP contribution in [0.4, 0.5) is 0 Å². The molecule has 11 aromatic carbocycles. The van der Waals surface area contributed by atoms with Crippen LogP contribution in [0.3, 0.4) is 0 Å². The number of nitrogens with zero attached hydrogens (tertiary/aromatic N) is 2. The van der Waals surface area contributed by atoms with E-state index in [9.17, 15) is 20.6 Å². The van der Waals surface area contributed by atoms with Crippen LogP contribution in [0.25, 0.3) is 130 Å². The molecule has 0 bridgehead atoms. The summed E-state index contributed by atoms with van der Waals surface area (Å²) in [6, 6.07) is -28.6. The van der Waals surface area contributed by atoms with Crippen LogP contribution in [-0.4, -0.2) is 9.97 Å². The summed E-state index contributed by atoms with van der Waals surface area (Å²) in [7, 11) is 0. The Kier molecular flexibility index (Phi) is 3.31. The number of benzene rings is 11. The molecule has 3 heteroatoms. The van der Waals surface area contributed by atoms with Gasteiger partial charge in [0.15, 0.2) is 0 Å². The third-order valence-electron chi connectivity index (χ3n) is 10.1. The van der Waals surface area contributed by atoms with Crippen LogP contribution < -0.4 is 0 Å². The van der Waals surface area contributed by atoms with Crippen LogP contribution in [0.2, 0.25) is 0 Å². The molecule has 0 saturated heterocycles. The molecule has 282 valence electrons. The number of thiophene rings is 1. The summed E-state index contributed by atoms with van der Waals surface area (Å²) in [6.07, 6.45) is 0.886. The SMILES string of the molecule is [2H]c1c([2H])c(-c2c([2H])c([2H])c3sc4c(-c5c([2H])c([2H])c([2H])c(-c6c([2H])c([2H])c7c8c([2H])c([2H])c([2H])c([2H])c8c8c([2H])c([2H])c([2H])c([2H])c8c7c6[2H])c5[2H])ncnc4c3c2[2H])c([2H])c(-c2c([2H])c([2H])c3c4c([2H])c([2H])c([2H])c([2H])c4c4c([2H])c([2H])c([2H])c([2H])c4c3c2[2H])c1[2H]. The molecule has 0 aliphatic rings. The third kappa shape index (κ3) is 5.34. The average Bonchev–Trinajstić information content (AvgIpc) is 0.811. The number of fused-ring (bicyclic) bond motifs is 15. The molecule has 2 aromatic heterocycles. The van der Waals surface area contributed by atoms with Crippen molar-refractivity contribution in [3.8, 4) is 44.6 Å². The number of aromatic nitrogens is 2. The predicted molar refractivity (Wildman–Crippen MR) is 262 cm³/mol. The molecule has 2 nitrogen and oxygen atoms in total. The first-order valence-corrected chi connectivity index (χ1v) is 18.9. The van der Waals surface area contributed by atoms with Gasteiger partial charge in [0.2, 0.25) is 0 Å². The highest BCUT2D eigenvalue weighted by Crippen LogP contribution is 2.43. The summed E-state index contributed by atoms with van der Waals surface area (Å²) in [5, 5.41) is -6.42. The summed E-state index contributed by atoms with van der Waals surface area (Å²) in [5.41, 5.74) is -5.94. The highest BCUT2D eigenvalue weighted by Gasteiger charge is 2.16. The molecular weight excluding hydrogens is 757 g/mol. The first-order chi connectivity index (χ1) is 44.0. The lowest BCUT2D eigenvalue weighted by Gasteiger charge is -2.12. The lowest BCUT2D eigenvalue weighted by Crippen LogP contribution is -1.88. The van der Waals surface area contributed by atoms with Crippen LogP contribution in [0.1, 0.15) is 45.2 Å². The monoisotopic (exact) mass is 823 g/mol. The molecule has 0 fully saturated rings. The van der Waals surface area contributed by atoms with Crippen molar-refractivity contribution in [1.82, 2.24) is 9.97 Å². The Morgan fingerprint density at radius 2 is 0.656 bits per heavy atom. The third-order valence-corrected chi connectivity index (χ3v) is 11.2. The summed E-state index contributed by atoms with van der Waals surface area (Å²) in [4.78, 5) is 8.73. The van der Waals surface area contributed by atoms with E-state index in [1.807, 2.05) is 0 Å². The Labute approximate surface area is 402 Å². The summed E-state index contributed by atoms with van der Waals surface area (Å²) in [5.74, 6) is 0. The van der Waals surface area contributed by atoms with Gasteiger partial charge >= 0.3 is 0 Å². The molecule has 13 aromatic rings. The zero-order valence-electron chi connectivity index (χ0n) is 63.4. The summed E-state index contributed by atoms with van der Waals surface area (Å²) < 4.78 is 301. The van der Waals surface area contributed by atoms with Crippen LogP contribution >= 0.6 is 11.3 Å². The molecule has 0 aliphatic carbocycles. The van der Waals surface area contributed by atoms with Crippen LogP contribution in [0, 0.1) is 0 Å². The quantitative estimate of drug-likeness (QED) is 0.165. The minimum atomic E-state index is -1.03. The maximum absolute atomic E-state index is 9.81. The predicted octanol–water partition coefficient (Wildman–Crippen LogP) is 16.4. The van der Waals surface area contributed by atoms with E-state index in [0.717, 1.165) is 6.33 Å². The van der Waals surface area contributed by atoms with E-state index in [1.54, 1.807) is 0 Å². The van der Waals surface area contributed by atoms with Gasteiger partial charge in [-0.2, -0.15) is 0 Å². The van der Waals surface area contributed by atoms with E-state index >= 15 is 0 Å². The highest BCUT2D eigenvalue weighted by molar-refractivity contribution is 7.26. The van der Waals surface area contributed by atoms with Crippen molar-refractivity contribution < 1.29 is 45.2 Å². The fraction of sp³-hybridized carbons (Fsp3) is 0. The van der Waals surface area contributed by atoms with E-state index in [-0.39, 0.29) is 20.3 Å². The van der Waals surface area contributed by atoms with Gasteiger partial charge in [0.1, 0.15) is 6.33 Å².